The van der Waals surface area contributed by atoms with E-state index >= 15 is 0 Å². The Morgan fingerprint density at radius 2 is 2.17 bits per heavy atom. The van der Waals surface area contributed by atoms with Gasteiger partial charge in [-0.25, -0.2) is 4.98 Å². The molecule has 0 fully saturated rings. The molecule has 7 heteroatoms. The number of pyridine rings is 2. The molecule has 4 rings (SSSR count). The van der Waals surface area contributed by atoms with Gasteiger partial charge in [0.2, 0.25) is 0 Å². The summed E-state index contributed by atoms with van der Waals surface area (Å²) < 4.78 is 1.84. The summed E-state index contributed by atoms with van der Waals surface area (Å²) in [6.45, 7) is 0. The summed E-state index contributed by atoms with van der Waals surface area (Å²) in [6.07, 6.45) is 8.62. The highest BCUT2D eigenvalue weighted by Gasteiger charge is 2.12. The van der Waals surface area contributed by atoms with Gasteiger partial charge in [0.15, 0.2) is 4.80 Å². The predicted octanol–water partition coefficient (Wildman–Crippen LogP) is 2.55. The van der Waals surface area contributed by atoms with Crippen molar-refractivity contribution in [2.75, 3.05) is 0 Å². The Morgan fingerprint density at radius 3 is 3.04 bits per heavy atom. The number of thiazole rings is 1. The molecule has 6 nitrogen and oxygen atoms in total. The predicted molar refractivity (Wildman–Crippen MR) is 87.4 cm³/mol. The number of rotatable bonds is 2. The summed E-state index contributed by atoms with van der Waals surface area (Å²) in [5, 5.41) is 2.65. The maximum Gasteiger partial charge on any atom is 0.281 e. The molecule has 112 valence electrons. The highest BCUT2D eigenvalue weighted by molar-refractivity contribution is 7.07. The molecule has 0 aliphatic heterocycles. The molecule has 0 radical (unpaired) electrons. The Balaban J connectivity index is 1.80. The van der Waals surface area contributed by atoms with Gasteiger partial charge in [-0.1, -0.05) is 0 Å². The second kappa shape index (κ2) is 5.62. The van der Waals surface area contributed by atoms with Gasteiger partial charge in [-0.2, -0.15) is 4.99 Å². The number of amides is 1. The largest absolute Gasteiger partial charge is 0.345 e. The third-order valence-corrected chi connectivity index (χ3v) is 4.15. The first-order chi connectivity index (χ1) is 11.3. The topological polar surface area (TPSA) is 75.9 Å². The highest BCUT2D eigenvalue weighted by Crippen LogP contribution is 2.16. The molecule has 0 unspecified atom stereocenters. The Bertz CT molecular complexity index is 1040. The van der Waals surface area contributed by atoms with E-state index in [1.165, 1.54) is 11.3 Å². The molecule has 0 atom stereocenters. The SMILES string of the molecule is O=C(/N=c1\sccn1-c1cccnc1)c1c[nH]c2ncccc12. The number of hydrogen-bond donors (Lipinski definition) is 1. The molecule has 0 saturated carbocycles. The summed E-state index contributed by atoms with van der Waals surface area (Å²) in [4.78, 5) is 28.7. The van der Waals surface area contributed by atoms with Gasteiger partial charge in [-0.3, -0.25) is 14.3 Å². The van der Waals surface area contributed by atoms with E-state index in [4.69, 9.17) is 0 Å². The zero-order valence-electron chi connectivity index (χ0n) is 11.9. The molecule has 4 aromatic heterocycles. The van der Waals surface area contributed by atoms with Crippen molar-refractivity contribution in [1.29, 1.82) is 0 Å². The van der Waals surface area contributed by atoms with Crippen LogP contribution in [0.5, 0.6) is 0 Å². The van der Waals surface area contributed by atoms with E-state index in [0.29, 0.717) is 16.0 Å². The number of carbonyl (C=O) groups excluding carboxylic acids is 1. The molecule has 0 saturated heterocycles. The Labute approximate surface area is 134 Å². The molecule has 23 heavy (non-hydrogen) atoms. The first-order valence-electron chi connectivity index (χ1n) is 6.90. The number of carbonyl (C=O) groups is 1. The van der Waals surface area contributed by atoms with E-state index in [2.05, 4.69) is 19.9 Å². The van der Waals surface area contributed by atoms with Crippen molar-refractivity contribution in [2.45, 2.75) is 0 Å². The van der Waals surface area contributed by atoms with E-state index < -0.39 is 0 Å². The second-order valence-electron chi connectivity index (χ2n) is 4.79. The zero-order valence-corrected chi connectivity index (χ0v) is 12.7. The molecule has 1 N–H and O–H groups in total. The molecular weight excluding hydrogens is 310 g/mol. The second-order valence-corrected chi connectivity index (χ2v) is 5.66. The van der Waals surface area contributed by atoms with Crippen molar-refractivity contribution >= 4 is 28.3 Å². The van der Waals surface area contributed by atoms with Crippen molar-refractivity contribution < 1.29 is 4.79 Å². The first kappa shape index (κ1) is 13.6. The summed E-state index contributed by atoms with van der Waals surface area (Å²) in [6, 6.07) is 7.41. The molecule has 0 aliphatic rings. The molecule has 4 aromatic rings. The normalized spacial score (nSPS) is 11.9. The average molecular weight is 321 g/mol. The van der Waals surface area contributed by atoms with Gasteiger partial charge in [0, 0.05) is 35.6 Å². The van der Waals surface area contributed by atoms with Crippen LogP contribution in [0.2, 0.25) is 0 Å². The van der Waals surface area contributed by atoms with E-state index in [-0.39, 0.29) is 5.91 Å². The van der Waals surface area contributed by atoms with E-state index in [0.717, 1.165) is 11.1 Å². The Hall–Kier alpha value is -3.06. The maximum absolute atomic E-state index is 12.5. The van der Waals surface area contributed by atoms with Crippen molar-refractivity contribution in [3.05, 3.63) is 71.0 Å². The summed E-state index contributed by atoms with van der Waals surface area (Å²) in [5.74, 6) is -0.302. The summed E-state index contributed by atoms with van der Waals surface area (Å²) in [5.41, 5.74) is 2.05. The molecule has 1 amide bonds. The maximum atomic E-state index is 12.5. The van der Waals surface area contributed by atoms with Crippen LogP contribution in [-0.2, 0) is 0 Å². The van der Waals surface area contributed by atoms with E-state index in [1.807, 2.05) is 34.3 Å². The number of fused-ring (bicyclic) bond motifs is 1. The number of aromatic amines is 1. The standard InChI is InChI=1S/C16H11N5OS/c22-15(13-10-19-14-12(13)4-2-6-18-14)20-16-21(7-8-23-16)11-3-1-5-17-9-11/h1-10H,(H,18,19)/b20-16-. The smallest absolute Gasteiger partial charge is 0.281 e. The number of nitrogens with zero attached hydrogens (tertiary/aromatic N) is 4. The molecule has 0 aliphatic carbocycles. The van der Waals surface area contributed by atoms with Crippen LogP contribution >= 0.6 is 11.3 Å². The van der Waals surface area contributed by atoms with Crippen LogP contribution in [0.1, 0.15) is 10.4 Å². The molecule has 4 heterocycles. The van der Waals surface area contributed by atoms with Gasteiger partial charge in [0.25, 0.3) is 5.91 Å². The summed E-state index contributed by atoms with van der Waals surface area (Å²) in [7, 11) is 0. The minimum Gasteiger partial charge on any atom is -0.345 e. The molecule has 0 spiro atoms. The van der Waals surface area contributed by atoms with Gasteiger partial charge >= 0.3 is 0 Å². The van der Waals surface area contributed by atoms with Gasteiger partial charge in [0.1, 0.15) is 5.65 Å². The fraction of sp³-hybridized carbons (Fsp3) is 0. The third-order valence-electron chi connectivity index (χ3n) is 3.39. The quantitative estimate of drug-likeness (QED) is 0.616. The van der Waals surface area contributed by atoms with Crippen LogP contribution in [0.4, 0.5) is 0 Å². The van der Waals surface area contributed by atoms with Crippen molar-refractivity contribution in [3.8, 4) is 5.69 Å². The van der Waals surface area contributed by atoms with Gasteiger partial charge in [-0.05, 0) is 24.3 Å². The number of aromatic nitrogens is 4. The van der Waals surface area contributed by atoms with E-state index in [1.54, 1.807) is 30.9 Å². The van der Waals surface area contributed by atoms with Gasteiger partial charge < -0.3 is 4.98 Å². The fourth-order valence-electron chi connectivity index (χ4n) is 2.33. The van der Waals surface area contributed by atoms with Crippen molar-refractivity contribution in [1.82, 2.24) is 19.5 Å². The number of H-pyrrole nitrogens is 1. The van der Waals surface area contributed by atoms with Gasteiger partial charge in [-0.15, -0.1) is 11.3 Å². The lowest BCUT2D eigenvalue weighted by molar-refractivity contribution is 0.0999. The van der Waals surface area contributed by atoms with Crippen molar-refractivity contribution in [2.24, 2.45) is 4.99 Å². The highest BCUT2D eigenvalue weighted by atomic mass is 32.1. The zero-order chi connectivity index (χ0) is 15.6. The van der Waals surface area contributed by atoms with Crippen molar-refractivity contribution in [3.63, 3.8) is 0 Å². The van der Waals surface area contributed by atoms with Crippen LogP contribution in [0, 0.1) is 0 Å². The Morgan fingerprint density at radius 1 is 1.26 bits per heavy atom. The van der Waals surface area contributed by atoms with Gasteiger partial charge in [0.05, 0.1) is 17.4 Å². The van der Waals surface area contributed by atoms with E-state index in [9.17, 15) is 4.79 Å². The Kier molecular flexibility index (Phi) is 3.32. The first-order valence-corrected chi connectivity index (χ1v) is 7.78. The van der Waals surface area contributed by atoms with Crippen LogP contribution < -0.4 is 4.80 Å². The molecular formula is C16H11N5OS. The lowest BCUT2D eigenvalue weighted by atomic mass is 10.2. The van der Waals surface area contributed by atoms with Crippen LogP contribution in [0.3, 0.4) is 0 Å². The van der Waals surface area contributed by atoms with Crippen LogP contribution in [-0.4, -0.2) is 25.4 Å². The van der Waals surface area contributed by atoms with Crippen LogP contribution in [0.15, 0.2) is 65.6 Å². The number of nitrogens with one attached hydrogen (secondary N) is 1. The summed E-state index contributed by atoms with van der Waals surface area (Å²) >= 11 is 1.40. The van der Waals surface area contributed by atoms with Crippen LogP contribution in [0.25, 0.3) is 16.7 Å². The lowest BCUT2D eigenvalue weighted by Gasteiger charge is -2.00. The fourth-order valence-corrected chi connectivity index (χ4v) is 3.05. The average Bonchev–Trinajstić information content (AvgIpc) is 3.22. The lowest BCUT2D eigenvalue weighted by Crippen LogP contribution is -2.14. The minimum atomic E-state index is -0.302. The molecule has 0 aromatic carbocycles. The third kappa shape index (κ3) is 2.47. The molecule has 0 bridgehead atoms. The minimum absolute atomic E-state index is 0.302. The number of hydrogen-bond acceptors (Lipinski definition) is 4. The monoisotopic (exact) mass is 321 g/mol.